The van der Waals surface area contributed by atoms with Crippen LogP contribution in [-0.4, -0.2) is 54.4 Å². The molecule has 11 heteroatoms. The fourth-order valence-corrected chi connectivity index (χ4v) is 3.86. The minimum atomic E-state index is -3.11. The summed E-state index contributed by atoms with van der Waals surface area (Å²) in [6, 6.07) is 13.6. The Morgan fingerprint density at radius 1 is 0.971 bits per heavy atom. The summed E-state index contributed by atoms with van der Waals surface area (Å²) in [7, 11) is -3.11. The molecule has 10 nitrogen and oxygen atoms in total. The van der Waals surface area contributed by atoms with Crippen LogP contribution in [0, 0.1) is 0 Å². The summed E-state index contributed by atoms with van der Waals surface area (Å²) in [6.45, 7) is 1.63. The van der Waals surface area contributed by atoms with Crippen molar-refractivity contribution in [1.29, 1.82) is 0 Å². The number of fused-ring (bicyclic) bond motifs is 3. The molecule has 3 amide bonds. The van der Waals surface area contributed by atoms with Gasteiger partial charge >= 0.3 is 16.6 Å². The molecule has 2 aromatic carbocycles. The van der Waals surface area contributed by atoms with Gasteiger partial charge in [0.25, 0.3) is 11.8 Å². The standard InChI is InChI=1S/C23H20N2O5.CH4.O3S/c1-14(26)30-13-20-17-5-3-2-4-16(17)18-7-6-15(12-19(18)20)24-21(27)10-11-25-22(28)8-9-23(25)29;;1-4(2)3/h2-9,12,20H,10-11,13H2,1H3,(H,24,27);1H4;. The van der Waals surface area contributed by atoms with E-state index in [2.05, 4.69) is 5.32 Å². The first-order chi connectivity index (χ1) is 16.2. The normalized spacial score (nSPS) is 14.8. The maximum Gasteiger partial charge on any atom is 0.425 e. The van der Waals surface area contributed by atoms with Crippen molar-refractivity contribution in [2.75, 3.05) is 18.5 Å². The molecular formula is C24H24N2O8S. The third kappa shape index (κ3) is 6.70. The van der Waals surface area contributed by atoms with E-state index in [1.54, 1.807) is 0 Å². The lowest BCUT2D eigenvalue weighted by Crippen LogP contribution is -2.33. The molecule has 0 radical (unpaired) electrons. The number of amides is 3. The Balaban J connectivity index is 0.000000804. The zero-order chi connectivity index (χ0) is 24.8. The average Bonchev–Trinajstić information content (AvgIpc) is 3.26. The quantitative estimate of drug-likeness (QED) is 0.470. The van der Waals surface area contributed by atoms with Gasteiger partial charge in [-0.2, -0.15) is 0 Å². The van der Waals surface area contributed by atoms with E-state index in [4.69, 9.17) is 17.4 Å². The van der Waals surface area contributed by atoms with Crippen LogP contribution in [0.25, 0.3) is 11.1 Å². The number of carbonyl (C=O) groups is 4. The fourth-order valence-electron chi connectivity index (χ4n) is 3.86. The van der Waals surface area contributed by atoms with E-state index < -0.39 is 22.4 Å². The zero-order valence-corrected chi connectivity index (χ0v) is 18.8. The van der Waals surface area contributed by atoms with Crippen LogP contribution < -0.4 is 5.32 Å². The Morgan fingerprint density at radius 3 is 2.20 bits per heavy atom. The molecule has 0 saturated heterocycles. The van der Waals surface area contributed by atoms with Gasteiger partial charge in [-0.25, -0.2) is 0 Å². The summed E-state index contributed by atoms with van der Waals surface area (Å²) in [5, 5.41) is 2.82. The van der Waals surface area contributed by atoms with Crippen LogP contribution in [0.3, 0.4) is 0 Å². The number of nitrogens with zero attached hydrogens (tertiary/aromatic N) is 1. The van der Waals surface area contributed by atoms with E-state index in [1.807, 2.05) is 42.5 Å². The molecule has 1 atom stereocenters. The van der Waals surface area contributed by atoms with Gasteiger partial charge in [0.2, 0.25) is 5.91 Å². The van der Waals surface area contributed by atoms with Gasteiger partial charge in [-0.3, -0.25) is 24.1 Å². The van der Waals surface area contributed by atoms with Crippen LogP contribution >= 0.6 is 0 Å². The highest BCUT2D eigenvalue weighted by Gasteiger charge is 2.30. The van der Waals surface area contributed by atoms with Gasteiger partial charge in [0.15, 0.2) is 0 Å². The van der Waals surface area contributed by atoms with E-state index >= 15 is 0 Å². The molecule has 4 rings (SSSR count). The van der Waals surface area contributed by atoms with Gasteiger partial charge in [-0.05, 0) is 34.4 Å². The summed E-state index contributed by atoms with van der Waals surface area (Å²) in [4.78, 5) is 47.9. The third-order valence-corrected chi connectivity index (χ3v) is 5.25. The van der Waals surface area contributed by atoms with Crippen LogP contribution in [0.15, 0.2) is 54.6 Å². The zero-order valence-electron chi connectivity index (χ0n) is 18.0. The predicted octanol–water partition coefficient (Wildman–Crippen LogP) is 2.25. The number of anilines is 1. The molecule has 2 aromatic rings. The minimum absolute atomic E-state index is 0. The second-order valence-corrected chi connectivity index (χ2v) is 7.82. The van der Waals surface area contributed by atoms with Crippen LogP contribution in [-0.2, 0) is 34.5 Å². The van der Waals surface area contributed by atoms with Gasteiger partial charge in [0.1, 0.15) is 6.61 Å². The van der Waals surface area contributed by atoms with Crippen molar-refractivity contribution < 1.29 is 36.5 Å². The Morgan fingerprint density at radius 2 is 1.57 bits per heavy atom. The average molecular weight is 501 g/mol. The lowest BCUT2D eigenvalue weighted by atomic mass is 9.97. The lowest BCUT2D eigenvalue weighted by molar-refractivity contribution is -0.141. The van der Waals surface area contributed by atoms with E-state index in [0.29, 0.717) is 5.69 Å². The Kier molecular flexibility index (Phi) is 9.18. The number of carbonyl (C=O) groups excluding carboxylic acids is 4. The molecule has 0 spiro atoms. The van der Waals surface area contributed by atoms with Crippen molar-refractivity contribution in [2.24, 2.45) is 0 Å². The van der Waals surface area contributed by atoms with Crippen LogP contribution in [0.1, 0.15) is 37.8 Å². The van der Waals surface area contributed by atoms with Gasteiger partial charge in [0.05, 0.1) is 0 Å². The largest absolute Gasteiger partial charge is 0.465 e. The van der Waals surface area contributed by atoms with Crippen LogP contribution in [0.2, 0.25) is 0 Å². The number of hydrogen-bond donors (Lipinski definition) is 1. The summed E-state index contributed by atoms with van der Waals surface area (Å²) >= 11 is 0. The number of imide groups is 1. The second kappa shape index (κ2) is 11.8. The summed E-state index contributed by atoms with van der Waals surface area (Å²) < 4.78 is 30.6. The Bertz CT molecular complexity index is 1280. The maximum atomic E-state index is 12.3. The molecule has 184 valence electrons. The molecule has 2 aliphatic rings. The second-order valence-electron chi connectivity index (χ2n) is 7.41. The molecular weight excluding hydrogens is 476 g/mol. The lowest BCUT2D eigenvalue weighted by Gasteiger charge is -2.15. The first kappa shape index (κ1) is 27.1. The number of ether oxygens (including phenoxy) is 1. The van der Waals surface area contributed by atoms with Crippen molar-refractivity contribution in [3.05, 3.63) is 65.7 Å². The van der Waals surface area contributed by atoms with Gasteiger partial charge in [-0.1, -0.05) is 37.8 Å². The summed E-state index contributed by atoms with van der Waals surface area (Å²) in [5.41, 5.74) is 4.79. The SMILES string of the molecule is C.CC(=O)OCC1c2ccccc2-c2ccc(NC(=O)CCN3C(=O)C=CC3=O)cc21.O=S(=O)=O. The molecule has 1 aliphatic carbocycles. The van der Waals surface area contributed by atoms with Gasteiger partial charge in [-0.15, -0.1) is 12.6 Å². The monoisotopic (exact) mass is 500 g/mol. The first-order valence-corrected chi connectivity index (χ1v) is 11.1. The maximum absolute atomic E-state index is 12.3. The highest BCUT2D eigenvalue weighted by molar-refractivity contribution is 7.59. The van der Waals surface area contributed by atoms with E-state index in [0.717, 1.165) is 27.2 Å². The number of benzene rings is 2. The highest BCUT2D eigenvalue weighted by Crippen LogP contribution is 2.45. The highest BCUT2D eigenvalue weighted by atomic mass is 32.2. The predicted molar refractivity (Wildman–Crippen MR) is 126 cm³/mol. The number of hydrogen-bond acceptors (Lipinski definition) is 8. The molecule has 1 N–H and O–H groups in total. The topological polar surface area (TPSA) is 144 Å². The molecule has 1 heterocycles. The van der Waals surface area contributed by atoms with Crippen LogP contribution in [0.4, 0.5) is 5.69 Å². The number of nitrogens with one attached hydrogen (secondary N) is 1. The van der Waals surface area contributed by atoms with Crippen molar-refractivity contribution in [1.82, 2.24) is 4.90 Å². The van der Waals surface area contributed by atoms with Gasteiger partial charge < -0.3 is 10.1 Å². The molecule has 0 bridgehead atoms. The van der Waals surface area contributed by atoms with Crippen molar-refractivity contribution >= 4 is 40.0 Å². The third-order valence-electron chi connectivity index (χ3n) is 5.25. The summed E-state index contributed by atoms with van der Waals surface area (Å²) in [5.74, 6) is -1.56. The molecule has 0 fully saturated rings. The number of rotatable bonds is 6. The Labute approximate surface area is 203 Å². The summed E-state index contributed by atoms with van der Waals surface area (Å²) in [6.07, 6.45) is 2.40. The molecule has 0 saturated carbocycles. The minimum Gasteiger partial charge on any atom is -0.465 e. The smallest absolute Gasteiger partial charge is 0.425 e. The molecule has 0 aromatic heterocycles. The van der Waals surface area contributed by atoms with Crippen molar-refractivity contribution in [2.45, 2.75) is 26.7 Å². The van der Waals surface area contributed by atoms with Crippen LogP contribution in [0.5, 0.6) is 0 Å². The van der Waals surface area contributed by atoms with Crippen molar-refractivity contribution in [3.8, 4) is 11.1 Å². The van der Waals surface area contributed by atoms with E-state index in [9.17, 15) is 19.2 Å². The fraction of sp³-hybridized carbons (Fsp3) is 0.250. The molecule has 35 heavy (non-hydrogen) atoms. The molecule has 1 unspecified atom stereocenters. The van der Waals surface area contributed by atoms with E-state index in [1.165, 1.54) is 19.1 Å². The Hall–Kier alpha value is -4.12. The van der Waals surface area contributed by atoms with E-state index in [-0.39, 0.29) is 44.8 Å². The first-order valence-electron chi connectivity index (χ1n) is 10.1. The number of esters is 1. The molecule has 1 aliphatic heterocycles. The van der Waals surface area contributed by atoms with Crippen molar-refractivity contribution in [3.63, 3.8) is 0 Å². The van der Waals surface area contributed by atoms with Gasteiger partial charge in [0, 0.05) is 43.6 Å².